The average molecular weight is 457 g/mol. The maximum absolute atomic E-state index is 15.5. The van der Waals surface area contributed by atoms with Gasteiger partial charge in [-0.1, -0.05) is 36.8 Å². The Kier molecular flexibility index (Phi) is 6.81. The van der Waals surface area contributed by atoms with Crippen LogP contribution < -0.4 is 16.0 Å². The Morgan fingerprint density at radius 3 is 2.70 bits per heavy atom. The summed E-state index contributed by atoms with van der Waals surface area (Å²) in [6, 6.07) is 8.53. The lowest BCUT2D eigenvalue weighted by Gasteiger charge is -2.43. The highest BCUT2D eigenvalue weighted by atomic mass is 19.1. The van der Waals surface area contributed by atoms with Crippen molar-refractivity contribution >= 4 is 17.5 Å². The molecule has 2 heterocycles. The van der Waals surface area contributed by atoms with Gasteiger partial charge in [0, 0.05) is 31.1 Å². The molecule has 0 radical (unpaired) electrons. The number of carbonyl (C=O) groups excluding carboxylic acids is 1. The number of likely N-dealkylation sites (tertiary alicyclic amines) is 1. The second kappa shape index (κ2) is 9.61. The number of hydrogen-bond acceptors (Lipinski definition) is 7. The van der Waals surface area contributed by atoms with E-state index in [9.17, 15) is 9.90 Å². The quantitative estimate of drug-likeness (QED) is 0.530. The van der Waals surface area contributed by atoms with Crippen molar-refractivity contribution in [1.82, 2.24) is 14.9 Å². The van der Waals surface area contributed by atoms with E-state index in [4.69, 9.17) is 5.73 Å². The third kappa shape index (κ3) is 5.59. The van der Waals surface area contributed by atoms with E-state index in [0.29, 0.717) is 38.4 Å². The van der Waals surface area contributed by atoms with Crippen LogP contribution in [0.5, 0.6) is 0 Å². The molecule has 0 bridgehead atoms. The molecule has 2 atom stereocenters. The van der Waals surface area contributed by atoms with Gasteiger partial charge in [-0.3, -0.25) is 9.69 Å². The Labute approximate surface area is 194 Å². The van der Waals surface area contributed by atoms with Gasteiger partial charge < -0.3 is 21.1 Å². The Hall–Kier alpha value is -2.78. The van der Waals surface area contributed by atoms with Crippen LogP contribution in [0.4, 0.5) is 16.0 Å². The van der Waals surface area contributed by atoms with Crippen molar-refractivity contribution in [2.75, 3.05) is 36.4 Å². The minimum atomic E-state index is -0.674. The highest BCUT2D eigenvalue weighted by Crippen LogP contribution is 2.36. The number of benzene rings is 1. The number of anilines is 2. The van der Waals surface area contributed by atoms with Crippen molar-refractivity contribution in [1.29, 1.82) is 0 Å². The van der Waals surface area contributed by atoms with Gasteiger partial charge in [-0.25, -0.2) is 9.97 Å². The van der Waals surface area contributed by atoms with Crippen LogP contribution in [0.2, 0.25) is 0 Å². The molecule has 9 heteroatoms. The fourth-order valence-electron chi connectivity index (χ4n) is 4.33. The number of rotatable bonds is 9. The van der Waals surface area contributed by atoms with Crippen molar-refractivity contribution in [3.05, 3.63) is 47.5 Å². The molecular weight excluding hydrogens is 423 g/mol. The molecule has 1 saturated heterocycles. The van der Waals surface area contributed by atoms with Gasteiger partial charge in [0.2, 0.25) is 11.7 Å². The SMILES string of the molecule is Cc1ccc(CN(c2ncnc(NCC3(C)CCN(CC(N)=O)CC3O)c2F)C2CC2)cc1. The van der Waals surface area contributed by atoms with E-state index in [2.05, 4.69) is 39.6 Å². The summed E-state index contributed by atoms with van der Waals surface area (Å²) in [6.07, 6.45) is 3.40. The molecule has 1 aliphatic carbocycles. The first-order valence-electron chi connectivity index (χ1n) is 11.5. The number of amides is 1. The first-order valence-corrected chi connectivity index (χ1v) is 11.5. The molecule has 1 aromatic heterocycles. The molecule has 4 rings (SSSR count). The summed E-state index contributed by atoms with van der Waals surface area (Å²) < 4.78 is 15.5. The molecule has 1 saturated carbocycles. The number of aliphatic hydroxyl groups is 1. The van der Waals surface area contributed by atoms with Crippen LogP contribution in [-0.4, -0.2) is 64.2 Å². The van der Waals surface area contributed by atoms with Crippen LogP contribution in [0.1, 0.15) is 37.3 Å². The van der Waals surface area contributed by atoms with E-state index < -0.39 is 23.2 Å². The Morgan fingerprint density at radius 1 is 1.33 bits per heavy atom. The molecule has 2 aliphatic rings. The van der Waals surface area contributed by atoms with Gasteiger partial charge in [0.25, 0.3) is 0 Å². The lowest BCUT2D eigenvalue weighted by molar-refractivity contribution is -0.121. The lowest BCUT2D eigenvalue weighted by atomic mass is 9.77. The summed E-state index contributed by atoms with van der Waals surface area (Å²) in [5.41, 5.74) is 7.09. The van der Waals surface area contributed by atoms with Crippen molar-refractivity contribution < 1.29 is 14.3 Å². The highest BCUT2D eigenvalue weighted by molar-refractivity contribution is 5.75. The number of nitrogens with two attached hydrogens (primary N) is 1. The van der Waals surface area contributed by atoms with E-state index in [-0.39, 0.29) is 18.4 Å². The van der Waals surface area contributed by atoms with Crippen molar-refractivity contribution in [3.8, 4) is 0 Å². The molecule has 2 unspecified atom stereocenters. The number of aliphatic hydroxyl groups excluding tert-OH is 1. The number of carbonyl (C=O) groups is 1. The predicted octanol–water partition coefficient (Wildman–Crippen LogP) is 2.06. The van der Waals surface area contributed by atoms with E-state index in [0.717, 1.165) is 18.4 Å². The van der Waals surface area contributed by atoms with Gasteiger partial charge in [-0.2, -0.15) is 4.39 Å². The number of primary amides is 1. The highest BCUT2D eigenvalue weighted by Gasteiger charge is 2.39. The third-order valence-corrected chi connectivity index (χ3v) is 6.78. The number of aromatic nitrogens is 2. The largest absolute Gasteiger partial charge is 0.391 e. The molecule has 4 N–H and O–H groups in total. The topological polar surface area (TPSA) is 108 Å². The van der Waals surface area contributed by atoms with Gasteiger partial charge in [0.05, 0.1) is 12.6 Å². The van der Waals surface area contributed by atoms with Crippen LogP contribution in [0.25, 0.3) is 0 Å². The average Bonchev–Trinajstić information content (AvgIpc) is 3.61. The minimum Gasteiger partial charge on any atom is -0.391 e. The maximum Gasteiger partial charge on any atom is 0.231 e. The summed E-state index contributed by atoms with van der Waals surface area (Å²) >= 11 is 0. The third-order valence-electron chi connectivity index (χ3n) is 6.78. The minimum absolute atomic E-state index is 0.127. The number of aryl methyl sites for hydroxylation is 1. The second-order valence-corrected chi connectivity index (χ2v) is 9.68. The molecule has 2 fully saturated rings. The van der Waals surface area contributed by atoms with E-state index in [1.807, 2.05) is 23.6 Å². The summed E-state index contributed by atoms with van der Waals surface area (Å²) in [4.78, 5) is 23.5. The molecule has 1 aliphatic heterocycles. The van der Waals surface area contributed by atoms with Crippen molar-refractivity contribution in [2.45, 2.75) is 51.8 Å². The zero-order valence-electron chi connectivity index (χ0n) is 19.3. The standard InChI is InChI=1S/C24H33FN6O2/c1-16-3-5-17(6-4-16)11-31(18-7-8-18)23-21(25)22(28-15-29-23)27-14-24(2)9-10-30(12-19(24)32)13-20(26)33/h3-6,15,18-19,32H,7-14H2,1-2H3,(H2,26,33)(H,27,28,29). The fourth-order valence-corrected chi connectivity index (χ4v) is 4.33. The fraction of sp³-hybridized carbons (Fsp3) is 0.542. The monoisotopic (exact) mass is 456 g/mol. The Morgan fingerprint density at radius 2 is 2.06 bits per heavy atom. The maximum atomic E-state index is 15.5. The number of nitrogens with one attached hydrogen (secondary N) is 1. The zero-order valence-corrected chi connectivity index (χ0v) is 19.3. The first-order chi connectivity index (χ1) is 15.7. The summed E-state index contributed by atoms with van der Waals surface area (Å²) in [5, 5.41) is 13.8. The molecule has 1 amide bonds. The Balaban J connectivity index is 1.45. The van der Waals surface area contributed by atoms with Crippen molar-refractivity contribution in [3.63, 3.8) is 0 Å². The normalized spacial score (nSPS) is 23.3. The summed E-state index contributed by atoms with van der Waals surface area (Å²) in [7, 11) is 0. The number of nitrogens with zero attached hydrogens (tertiary/aromatic N) is 4. The van der Waals surface area contributed by atoms with Crippen molar-refractivity contribution in [2.24, 2.45) is 11.1 Å². The smallest absolute Gasteiger partial charge is 0.231 e. The number of hydrogen-bond donors (Lipinski definition) is 3. The predicted molar refractivity (Wildman–Crippen MR) is 125 cm³/mol. The zero-order chi connectivity index (χ0) is 23.6. The summed E-state index contributed by atoms with van der Waals surface area (Å²) in [5.74, 6) is -0.439. The molecule has 33 heavy (non-hydrogen) atoms. The van der Waals surface area contributed by atoms with E-state index in [1.54, 1.807) is 0 Å². The van der Waals surface area contributed by atoms with Gasteiger partial charge in [0.1, 0.15) is 6.33 Å². The molecule has 0 spiro atoms. The summed E-state index contributed by atoms with van der Waals surface area (Å²) in [6.45, 7) is 6.07. The molecule has 1 aromatic carbocycles. The van der Waals surface area contributed by atoms with Gasteiger partial charge in [0.15, 0.2) is 11.6 Å². The molecule has 2 aromatic rings. The number of β-amino-alcohol motifs (C(OH)–C–C–N with tert-alkyl or cyclic N) is 1. The van der Waals surface area contributed by atoms with Gasteiger partial charge >= 0.3 is 0 Å². The molecule has 8 nitrogen and oxygen atoms in total. The number of halogens is 1. The van der Waals surface area contributed by atoms with Crippen LogP contribution in [-0.2, 0) is 11.3 Å². The lowest BCUT2D eigenvalue weighted by Crippen LogP contribution is -2.53. The van der Waals surface area contributed by atoms with E-state index >= 15 is 4.39 Å². The van der Waals surface area contributed by atoms with Gasteiger partial charge in [-0.15, -0.1) is 0 Å². The van der Waals surface area contributed by atoms with Crippen LogP contribution in [0, 0.1) is 18.2 Å². The molecular formula is C24H33FN6O2. The van der Waals surface area contributed by atoms with E-state index in [1.165, 1.54) is 11.9 Å². The van der Waals surface area contributed by atoms with Gasteiger partial charge in [-0.05, 0) is 38.3 Å². The van der Waals surface area contributed by atoms with Crippen LogP contribution >= 0.6 is 0 Å². The van der Waals surface area contributed by atoms with Crippen LogP contribution in [0.15, 0.2) is 30.6 Å². The number of piperidine rings is 1. The second-order valence-electron chi connectivity index (χ2n) is 9.68. The van der Waals surface area contributed by atoms with Crippen LogP contribution in [0.3, 0.4) is 0 Å². The first kappa shape index (κ1) is 23.4. The Bertz CT molecular complexity index is 983. The molecule has 178 valence electrons.